The van der Waals surface area contributed by atoms with Crippen LogP contribution in [0.4, 0.5) is 4.39 Å². The van der Waals surface area contributed by atoms with Gasteiger partial charge in [0.1, 0.15) is 15.8 Å². The number of benzene rings is 1. The monoisotopic (exact) mass is 299 g/mol. The number of aromatic nitrogens is 2. The summed E-state index contributed by atoms with van der Waals surface area (Å²) in [6, 6.07) is 4.32. The van der Waals surface area contributed by atoms with Crippen molar-refractivity contribution in [1.29, 1.82) is 0 Å². The van der Waals surface area contributed by atoms with Crippen molar-refractivity contribution >= 4 is 22.9 Å². The molecule has 0 aliphatic heterocycles. The zero-order chi connectivity index (χ0) is 13.7. The summed E-state index contributed by atoms with van der Waals surface area (Å²) in [5.41, 5.74) is 0.735. The maximum absolute atomic E-state index is 13.0. The van der Waals surface area contributed by atoms with Gasteiger partial charge in [0.25, 0.3) is 0 Å². The number of aryl methyl sites for hydroxylation is 1. The van der Waals surface area contributed by atoms with E-state index >= 15 is 0 Å². The van der Waals surface area contributed by atoms with Crippen molar-refractivity contribution in [1.82, 2.24) is 15.5 Å². The van der Waals surface area contributed by atoms with Gasteiger partial charge < -0.3 is 5.32 Å². The zero-order valence-electron chi connectivity index (χ0n) is 10.6. The average molecular weight is 300 g/mol. The van der Waals surface area contributed by atoms with Crippen LogP contribution < -0.4 is 5.32 Å². The average Bonchev–Trinajstić information content (AvgIpc) is 2.83. The van der Waals surface area contributed by atoms with Crippen molar-refractivity contribution < 1.29 is 4.39 Å². The highest BCUT2D eigenvalue weighted by Crippen LogP contribution is 2.30. The molecule has 0 aliphatic rings. The first-order valence-corrected chi connectivity index (χ1v) is 7.38. The van der Waals surface area contributed by atoms with Gasteiger partial charge in [-0.15, -0.1) is 10.2 Å². The van der Waals surface area contributed by atoms with E-state index in [4.69, 9.17) is 11.6 Å². The lowest BCUT2D eigenvalue weighted by Crippen LogP contribution is -2.14. The molecule has 1 N–H and O–H groups in total. The summed E-state index contributed by atoms with van der Waals surface area (Å²) in [6.45, 7) is 4.04. The highest BCUT2D eigenvalue weighted by atomic mass is 35.5. The van der Waals surface area contributed by atoms with Crippen LogP contribution >= 0.6 is 22.9 Å². The largest absolute Gasteiger partial charge is 0.317 e. The van der Waals surface area contributed by atoms with Gasteiger partial charge in [0.05, 0.1) is 5.02 Å². The Kier molecular flexibility index (Phi) is 5.24. The highest BCUT2D eigenvalue weighted by Gasteiger charge is 2.10. The number of nitrogens with one attached hydrogen (secondary N) is 1. The lowest BCUT2D eigenvalue weighted by atomic mass is 10.2. The lowest BCUT2D eigenvalue weighted by Gasteiger charge is -1.99. The van der Waals surface area contributed by atoms with Gasteiger partial charge in [-0.25, -0.2) is 4.39 Å². The Morgan fingerprint density at radius 2 is 2.21 bits per heavy atom. The smallest absolute Gasteiger partial charge is 0.149 e. The Labute approximate surface area is 120 Å². The summed E-state index contributed by atoms with van der Waals surface area (Å²) in [7, 11) is 0. The predicted molar refractivity (Wildman–Crippen MR) is 77.2 cm³/mol. The molecule has 3 nitrogen and oxygen atoms in total. The standard InChI is InChI=1S/C13H15ClFN3S/c1-2-16-7-3-4-12-17-18-13(19-12)10-6-5-9(15)8-11(10)14/h5-6,8,16H,2-4,7H2,1H3. The minimum atomic E-state index is -0.343. The summed E-state index contributed by atoms with van der Waals surface area (Å²) in [5.74, 6) is -0.343. The van der Waals surface area contributed by atoms with E-state index in [1.807, 2.05) is 0 Å². The molecule has 0 saturated carbocycles. The second-order valence-electron chi connectivity index (χ2n) is 4.08. The van der Waals surface area contributed by atoms with Crippen molar-refractivity contribution in [3.05, 3.63) is 34.0 Å². The van der Waals surface area contributed by atoms with Crippen molar-refractivity contribution in [2.75, 3.05) is 13.1 Å². The van der Waals surface area contributed by atoms with Crippen LogP contribution in [0.15, 0.2) is 18.2 Å². The molecule has 2 aromatic rings. The molecule has 0 aliphatic carbocycles. The third-order valence-electron chi connectivity index (χ3n) is 2.62. The fourth-order valence-electron chi connectivity index (χ4n) is 1.67. The molecule has 102 valence electrons. The number of nitrogens with zero attached hydrogens (tertiary/aromatic N) is 2. The molecule has 0 atom stereocenters. The van der Waals surface area contributed by atoms with Gasteiger partial charge in [-0.05, 0) is 37.7 Å². The van der Waals surface area contributed by atoms with Crippen molar-refractivity contribution in [2.24, 2.45) is 0 Å². The Balaban J connectivity index is 2.04. The van der Waals surface area contributed by atoms with Gasteiger partial charge in [-0.1, -0.05) is 29.9 Å². The van der Waals surface area contributed by atoms with E-state index in [0.29, 0.717) is 5.02 Å². The Bertz CT molecular complexity index is 544. The fourth-order valence-corrected chi connectivity index (χ4v) is 2.90. The van der Waals surface area contributed by atoms with E-state index < -0.39 is 0 Å². The first-order chi connectivity index (χ1) is 9.20. The normalized spacial score (nSPS) is 10.9. The first kappa shape index (κ1) is 14.4. The van der Waals surface area contributed by atoms with Crippen LogP contribution in [-0.4, -0.2) is 23.3 Å². The number of halogens is 2. The van der Waals surface area contributed by atoms with Crippen molar-refractivity contribution in [2.45, 2.75) is 19.8 Å². The quantitative estimate of drug-likeness (QED) is 0.829. The van der Waals surface area contributed by atoms with Gasteiger partial charge in [0, 0.05) is 12.0 Å². The van der Waals surface area contributed by atoms with Crippen LogP contribution in [0.3, 0.4) is 0 Å². The van der Waals surface area contributed by atoms with E-state index in [2.05, 4.69) is 22.4 Å². The summed E-state index contributed by atoms with van der Waals surface area (Å²) in [6.07, 6.45) is 1.92. The third kappa shape index (κ3) is 3.96. The molecule has 0 bridgehead atoms. The molecule has 1 aromatic carbocycles. The van der Waals surface area contributed by atoms with E-state index in [-0.39, 0.29) is 5.82 Å². The summed E-state index contributed by atoms with van der Waals surface area (Å²) in [4.78, 5) is 0. The van der Waals surface area contributed by atoms with Crippen LogP contribution in [0.1, 0.15) is 18.4 Å². The Hall–Kier alpha value is -1.04. The predicted octanol–water partition coefficient (Wildman–Crippen LogP) is 3.54. The van der Waals surface area contributed by atoms with Gasteiger partial charge in [-0.2, -0.15) is 0 Å². The Morgan fingerprint density at radius 1 is 1.37 bits per heavy atom. The molecule has 0 unspecified atom stereocenters. The minimum Gasteiger partial charge on any atom is -0.317 e. The molecule has 1 heterocycles. The first-order valence-electron chi connectivity index (χ1n) is 6.19. The van der Waals surface area contributed by atoms with E-state index in [1.54, 1.807) is 6.07 Å². The number of rotatable bonds is 6. The molecular formula is C13H15ClFN3S. The summed E-state index contributed by atoms with van der Waals surface area (Å²) >= 11 is 7.51. The summed E-state index contributed by atoms with van der Waals surface area (Å²) in [5, 5.41) is 13.6. The minimum absolute atomic E-state index is 0.343. The lowest BCUT2D eigenvalue weighted by molar-refractivity contribution is 0.628. The molecule has 2 rings (SSSR count). The number of hydrogen-bond acceptors (Lipinski definition) is 4. The van der Waals surface area contributed by atoms with Gasteiger partial charge in [-0.3, -0.25) is 0 Å². The third-order valence-corrected chi connectivity index (χ3v) is 3.95. The van der Waals surface area contributed by atoms with Gasteiger partial charge in [0.15, 0.2) is 0 Å². The van der Waals surface area contributed by atoms with Crippen LogP contribution in [0.2, 0.25) is 5.02 Å². The van der Waals surface area contributed by atoms with Crippen molar-refractivity contribution in [3.8, 4) is 10.6 Å². The second kappa shape index (κ2) is 6.93. The van der Waals surface area contributed by atoms with Crippen molar-refractivity contribution in [3.63, 3.8) is 0 Å². The van der Waals surface area contributed by atoms with Gasteiger partial charge >= 0.3 is 0 Å². The molecule has 6 heteroatoms. The van der Waals surface area contributed by atoms with Crippen LogP contribution in [0, 0.1) is 5.82 Å². The van der Waals surface area contributed by atoms with E-state index in [0.717, 1.165) is 41.5 Å². The molecule has 0 radical (unpaired) electrons. The molecule has 19 heavy (non-hydrogen) atoms. The van der Waals surface area contributed by atoms with Crippen LogP contribution in [-0.2, 0) is 6.42 Å². The number of hydrogen-bond donors (Lipinski definition) is 1. The van der Waals surface area contributed by atoms with Gasteiger partial charge in [0.2, 0.25) is 0 Å². The van der Waals surface area contributed by atoms with Crippen LogP contribution in [0.25, 0.3) is 10.6 Å². The molecule has 0 amide bonds. The topological polar surface area (TPSA) is 37.8 Å². The Morgan fingerprint density at radius 3 is 2.95 bits per heavy atom. The maximum Gasteiger partial charge on any atom is 0.149 e. The molecule has 0 saturated heterocycles. The van der Waals surface area contributed by atoms with E-state index in [9.17, 15) is 4.39 Å². The summed E-state index contributed by atoms with van der Waals surface area (Å²) < 4.78 is 13.0. The van der Waals surface area contributed by atoms with E-state index in [1.165, 1.54) is 23.5 Å². The van der Waals surface area contributed by atoms with Crippen LogP contribution in [0.5, 0.6) is 0 Å². The SMILES string of the molecule is CCNCCCc1nnc(-c2ccc(F)cc2Cl)s1. The maximum atomic E-state index is 13.0. The molecule has 0 fully saturated rings. The molecule has 0 spiro atoms. The molecular weight excluding hydrogens is 285 g/mol. The zero-order valence-corrected chi connectivity index (χ0v) is 12.2. The molecule has 1 aromatic heterocycles. The second-order valence-corrected chi connectivity index (χ2v) is 5.55. The highest BCUT2D eigenvalue weighted by molar-refractivity contribution is 7.14. The fraction of sp³-hybridized carbons (Fsp3) is 0.385.